The number of amides is 1. The van der Waals surface area contributed by atoms with Gasteiger partial charge >= 0.3 is 0 Å². The summed E-state index contributed by atoms with van der Waals surface area (Å²) in [4.78, 5) is 24.3. The van der Waals surface area contributed by atoms with Crippen molar-refractivity contribution in [3.63, 3.8) is 0 Å². The molecule has 0 bridgehead atoms. The lowest BCUT2D eigenvalue weighted by Gasteiger charge is -2.13. The predicted octanol–water partition coefficient (Wildman–Crippen LogP) is 3.69. The monoisotopic (exact) mass is 337 g/mol. The van der Waals surface area contributed by atoms with Crippen LogP contribution in [0.5, 0.6) is 5.75 Å². The summed E-state index contributed by atoms with van der Waals surface area (Å²) in [7, 11) is 0. The van der Waals surface area contributed by atoms with Crippen LogP contribution in [-0.2, 0) is 11.3 Å². The lowest BCUT2D eigenvalue weighted by Crippen LogP contribution is -2.28. The average molecular weight is 337 g/mol. The summed E-state index contributed by atoms with van der Waals surface area (Å²) in [5.74, 6) is 0.622. The number of Topliss-reactive ketones (excluding diaryl/α,β-unsaturated/α-hetero) is 1. The summed E-state index contributed by atoms with van der Waals surface area (Å²) in [6.07, 6.45) is 0.510. The van der Waals surface area contributed by atoms with Gasteiger partial charge in [-0.05, 0) is 42.5 Å². The van der Waals surface area contributed by atoms with Gasteiger partial charge in [0.1, 0.15) is 5.75 Å². The van der Waals surface area contributed by atoms with Crippen molar-refractivity contribution in [2.75, 3.05) is 6.61 Å². The van der Waals surface area contributed by atoms with Gasteiger partial charge in [-0.25, -0.2) is 0 Å². The van der Waals surface area contributed by atoms with E-state index >= 15 is 0 Å². The molecule has 1 amide bonds. The molecule has 1 N–H and O–H groups in total. The SMILES string of the molecule is Cc1ccc(CNC(=O)COc2ccc(C)c3c2C(=O)C[C@@H]3C)cc1. The summed E-state index contributed by atoms with van der Waals surface area (Å²) in [5.41, 5.74) is 5.04. The van der Waals surface area contributed by atoms with Gasteiger partial charge < -0.3 is 10.1 Å². The van der Waals surface area contributed by atoms with Gasteiger partial charge in [-0.3, -0.25) is 9.59 Å². The maximum absolute atomic E-state index is 12.3. The smallest absolute Gasteiger partial charge is 0.258 e. The number of ether oxygens (including phenoxy) is 1. The average Bonchev–Trinajstić information content (AvgIpc) is 2.89. The predicted molar refractivity (Wildman–Crippen MR) is 97.1 cm³/mol. The third-order valence-electron chi connectivity index (χ3n) is 4.66. The van der Waals surface area contributed by atoms with E-state index in [2.05, 4.69) is 12.2 Å². The highest BCUT2D eigenvalue weighted by molar-refractivity contribution is 6.04. The van der Waals surface area contributed by atoms with Crippen LogP contribution in [0.2, 0.25) is 0 Å². The number of fused-ring (bicyclic) bond motifs is 1. The number of hydrogen-bond donors (Lipinski definition) is 1. The van der Waals surface area contributed by atoms with Crippen LogP contribution < -0.4 is 10.1 Å². The largest absolute Gasteiger partial charge is 0.483 e. The third kappa shape index (κ3) is 3.73. The van der Waals surface area contributed by atoms with E-state index in [9.17, 15) is 9.59 Å². The molecule has 0 aromatic heterocycles. The Hall–Kier alpha value is -2.62. The van der Waals surface area contributed by atoms with Crippen molar-refractivity contribution in [3.8, 4) is 5.75 Å². The minimum absolute atomic E-state index is 0.0942. The Bertz CT molecular complexity index is 809. The maximum Gasteiger partial charge on any atom is 0.258 e. The lowest BCUT2D eigenvalue weighted by atomic mass is 9.97. The normalized spacial score (nSPS) is 15.8. The molecule has 0 radical (unpaired) electrons. The number of rotatable bonds is 5. The van der Waals surface area contributed by atoms with E-state index in [1.54, 1.807) is 6.07 Å². The highest BCUT2D eigenvalue weighted by atomic mass is 16.5. The van der Waals surface area contributed by atoms with Gasteiger partial charge in [-0.2, -0.15) is 0 Å². The Morgan fingerprint density at radius 3 is 2.60 bits per heavy atom. The van der Waals surface area contributed by atoms with Crippen molar-refractivity contribution in [2.45, 2.75) is 39.7 Å². The molecule has 1 atom stereocenters. The molecule has 1 aliphatic carbocycles. The van der Waals surface area contributed by atoms with E-state index < -0.39 is 0 Å². The molecule has 0 unspecified atom stereocenters. The van der Waals surface area contributed by atoms with Crippen LogP contribution in [0.15, 0.2) is 36.4 Å². The fraction of sp³-hybridized carbons (Fsp3) is 0.333. The van der Waals surface area contributed by atoms with Crippen molar-refractivity contribution >= 4 is 11.7 Å². The Kier molecular flexibility index (Phi) is 4.88. The zero-order chi connectivity index (χ0) is 18.0. The Morgan fingerprint density at radius 1 is 1.16 bits per heavy atom. The molecule has 1 aliphatic rings. The number of ketones is 1. The summed E-state index contributed by atoms with van der Waals surface area (Å²) in [6, 6.07) is 11.7. The molecule has 0 heterocycles. The van der Waals surface area contributed by atoms with Crippen LogP contribution in [-0.4, -0.2) is 18.3 Å². The molecule has 0 saturated heterocycles. The van der Waals surface area contributed by atoms with Crippen LogP contribution in [0.4, 0.5) is 0 Å². The third-order valence-corrected chi connectivity index (χ3v) is 4.66. The minimum Gasteiger partial charge on any atom is -0.483 e. The van der Waals surface area contributed by atoms with Gasteiger partial charge in [0.05, 0.1) is 5.56 Å². The van der Waals surface area contributed by atoms with E-state index in [4.69, 9.17) is 4.74 Å². The fourth-order valence-corrected chi connectivity index (χ4v) is 3.33. The maximum atomic E-state index is 12.3. The van der Waals surface area contributed by atoms with E-state index in [-0.39, 0.29) is 24.2 Å². The van der Waals surface area contributed by atoms with Gasteiger partial charge in [0, 0.05) is 13.0 Å². The highest BCUT2D eigenvalue weighted by Gasteiger charge is 2.31. The first kappa shape index (κ1) is 17.2. The summed E-state index contributed by atoms with van der Waals surface area (Å²) in [6.45, 7) is 6.45. The second-order valence-electron chi connectivity index (χ2n) is 6.75. The number of aryl methyl sites for hydroxylation is 2. The van der Waals surface area contributed by atoms with Crippen LogP contribution in [0.25, 0.3) is 0 Å². The van der Waals surface area contributed by atoms with Crippen molar-refractivity contribution < 1.29 is 14.3 Å². The van der Waals surface area contributed by atoms with Gasteiger partial charge in [-0.1, -0.05) is 42.8 Å². The molecular weight excluding hydrogens is 314 g/mol. The molecule has 4 heteroatoms. The molecule has 25 heavy (non-hydrogen) atoms. The van der Waals surface area contributed by atoms with E-state index in [0.29, 0.717) is 24.3 Å². The molecule has 2 aromatic carbocycles. The Morgan fingerprint density at radius 2 is 1.88 bits per heavy atom. The first-order valence-corrected chi connectivity index (χ1v) is 8.57. The van der Waals surface area contributed by atoms with Crippen LogP contribution >= 0.6 is 0 Å². The first-order chi connectivity index (χ1) is 12.0. The molecule has 130 valence electrons. The van der Waals surface area contributed by atoms with Crippen molar-refractivity contribution in [3.05, 3.63) is 64.2 Å². The molecule has 0 saturated carbocycles. The first-order valence-electron chi connectivity index (χ1n) is 8.57. The number of carbonyl (C=O) groups excluding carboxylic acids is 2. The lowest BCUT2D eigenvalue weighted by molar-refractivity contribution is -0.123. The van der Waals surface area contributed by atoms with Crippen LogP contribution in [0.3, 0.4) is 0 Å². The van der Waals surface area contributed by atoms with Gasteiger partial charge in [0.15, 0.2) is 12.4 Å². The quantitative estimate of drug-likeness (QED) is 0.905. The van der Waals surface area contributed by atoms with Crippen molar-refractivity contribution in [2.24, 2.45) is 0 Å². The minimum atomic E-state index is -0.201. The zero-order valence-electron chi connectivity index (χ0n) is 14.9. The summed E-state index contributed by atoms with van der Waals surface area (Å²) >= 11 is 0. The zero-order valence-corrected chi connectivity index (χ0v) is 14.9. The number of carbonyl (C=O) groups is 2. The van der Waals surface area contributed by atoms with Crippen LogP contribution in [0, 0.1) is 13.8 Å². The van der Waals surface area contributed by atoms with Gasteiger partial charge in [0.2, 0.25) is 0 Å². The Balaban J connectivity index is 1.61. The fourth-order valence-electron chi connectivity index (χ4n) is 3.33. The molecule has 3 rings (SSSR count). The van der Waals surface area contributed by atoms with E-state index in [1.165, 1.54) is 5.56 Å². The molecule has 2 aromatic rings. The summed E-state index contributed by atoms with van der Waals surface area (Å²) < 4.78 is 5.66. The van der Waals surface area contributed by atoms with Crippen molar-refractivity contribution in [1.82, 2.24) is 5.32 Å². The van der Waals surface area contributed by atoms with Gasteiger partial charge in [0.25, 0.3) is 5.91 Å². The molecule has 0 fully saturated rings. The number of nitrogens with one attached hydrogen (secondary N) is 1. The molecular formula is C21H23NO3. The standard InChI is InChI=1S/C21H23NO3/c1-13-4-7-16(8-5-13)11-22-19(24)12-25-18-9-6-14(2)20-15(3)10-17(23)21(18)20/h4-9,15H,10-12H2,1-3H3,(H,22,24)/t15-/m0/s1. The van der Waals surface area contributed by atoms with Crippen LogP contribution in [0.1, 0.15) is 51.9 Å². The molecule has 4 nitrogen and oxygen atoms in total. The number of benzene rings is 2. The second kappa shape index (κ2) is 7.09. The Labute approximate surface area is 148 Å². The van der Waals surface area contributed by atoms with Crippen molar-refractivity contribution in [1.29, 1.82) is 0 Å². The molecule has 0 aliphatic heterocycles. The highest BCUT2D eigenvalue weighted by Crippen LogP contribution is 2.40. The summed E-state index contributed by atoms with van der Waals surface area (Å²) in [5, 5.41) is 2.84. The second-order valence-corrected chi connectivity index (χ2v) is 6.75. The van der Waals surface area contributed by atoms with E-state index in [1.807, 2.05) is 44.2 Å². The van der Waals surface area contributed by atoms with Gasteiger partial charge in [-0.15, -0.1) is 0 Å². The number of hydrogen-bond acceptors (Lipinski definition) is 3. The molecule has 0 spiro atoms. The van der Waals surface area contributed by atoms with E-state index in [0.717, 1.165) is 16.7 Å². The topological polar surface area (TPSA) is 55.4 Å².